The van der Waals surface area contributed by atoms with Crippen molar-refractivity contribution in [2.24, 2.45) is 0 Å². The molecule has 1 aliphatic carbocycles. The van der Waals surface area contributed by atoms with E-state index < -0.39 is 0 Å². The molecule has 1 aromatic rings. The first kappa shape index (κ1) is 12.7. The van der Waals surface area contributed by atoms with Gasteiger partial charge in [0.15, 0.2) is 0 Å². The van der Waals surface area contributed by atoms with Crippen LogP contribution in [0.5, 0.6) is 0 Å². The molecule has 1 aliphatic heterocycles. The van der Waals surface area contributed by atoms with Gasteiger partial charge in [-0.25, -0.2) is 0 Å². The fraction of sp³-hybridized carbons (Fsp3) is 0.562. The maximum absolute atomic E-state index is 11.4. The lowest BCUT2D eigenvalue weighted by molar-refractivity contribution is -0.119. The van der Waals surface area contributed by atoms with Crippen LogP contribution in [0.4, 0.5) is 0 Å². The van der Waals surface area contributed by atoms with Crippen molar-refractivity contribution in [3.8, 4) is 0 Å². The number of amides is 1. The van der Waals surface area contributed by atoms with Gasteiger partial charge in [0, 0.05) is 6.92 Å². The molecule has 0 radical (unpaired) electrons. The monoisotopic (exact) mass is 258 g/mol. The molecule has 3 rings (SSSR count). The predicted molar refractivity (Wildman–Crippen MR) is 76.0 cm³/mol. The number of hydrogen-bond donors (Lipinski definition) is 2. The highest BCUT2D eigenvalue weighted by atomic mass is 16.1. The zero-order chi connectivity index (χ0) is 13.3. The summed E-state index contributed by atoms with van der Waals surface area (Å²) >= 11 is 0. The van der Waals surface area contributed by atoms with Crippen LogP contribution < -0.4 is 10.6 Å². The number of piperidine rings is 1. The number of hydrogen-bond acceptors (Lipinski definition) is 2. The Hall–Kier alpha value is -1.35. The van der Waals surface area contributed by atoms with Gasteiger partial charge in [0.2, 0.25) is 5.91 Å². The molecule has 1 heterocycles. The second-order valence-electron chi connectivity index (χ2n) is 5.91. The van der Waals surface area contributed by atoms with Crippen LogP contribution in [0, 0.1) is 0 Å². The molecule has 1 amide bonds. The van der Waals surface area contributed by atoms with Crippen molar-refractivity contribution in [1.82, 2.24) is 10.6 Å². The molecule has 2 N–H and O–H groups in total. The zero-order valence-corrected chi connectivity index (χ0v) is 11.5. The van der Waals surface area contributed by atoms with E-state index in [0.29, 0.717) is 5.41 Å². The quantitative estimate of drug-likeness (QED) is 0.811. The third kappa shape index (κ3) is 2.27. The third-order valence-electron chi connectivity index (χ3n) is 4.76. The first-order chi connectivity index (χ1) is 9.21. The molecule has 0 bridgehead atoms. The first-order valence-corrected chi connectivity index (χ1v) is 7.28. The van der Waals surface area contributed by atoms with Crippen LogP contribution in [-0.4, -0.2) is 19.0 Å². The van der Waals surface area contributed by atoms with Crippen molar-refractivity contribution in [1.29, 1.82) is 0 Å². The van der Waals surface area contributed by atoms with Gasteiger partial charge in [0.05, 0.1) is 6.04 Å². The van der Waals surface area contributed by atoms with E-state index in [1.807, 2.05) is 0 Å². The van der Waals surface area contributed by atoms with E-state index in [0.717, 1.165) is 19.5 Å². The van der Waals surface area contributed by atoms with Gasteiger partial charge in [-0.1, -0.05) is 24.3 Å². The van der Waals surface area contributed by atoms with E-state index in [2.05, 4.69) is 34.9 Å². The largest absolute Gasteiger partial charge is 0.350 e. The van der Waals surface area contributed by atoms with E-state index in [9.17, 15) is 4.79 Å². The van der Waals surface area contributed by atoms with Crippen molar-refractivity contribution in [3.05, 3.63) is 35.4 Å². The van der Waals surface area contributed by atoms with Crippen LogP contribution in [0.1, 0.15) is 49.8 Å². The van der Waals surface area contributed by atoms with Gasteiger partial charge in [-0.05, 0) is 55.3 Å². The average molecular weight is 258 g/mol. The van der Waals surface area contributed by atoms with E-state index in [4.69, 9.17) is 0 Å². The number of rotatable bonds is 1. The molecule has 1 unspecified atom stereocenters. The lowest BCUT2D eigenvalue weighted by Gasteiger charge is -2.44. The Balaban J connectivity index is 1.97. The second kappa shape index (κ2) is 4.97. The number of nitrogens with one attached hydrogen (secondary N) is 2. The van der Waals surface area contributed by atoms with Crippen LogP contribution in [0.3, 0.4) is 0 Å². The highest BCUT2D eigenvalue weighted by molar-refractivity contribution is 5.73. The van der Waals surface area contributed by atoms with Gasteiger partial charge < -0.3 is 10.6 Å². The summed E-state index contributed by atoms with van der Waals surface area (Å²) in [6, 6.07) is 8.90. The molecule has 1 spiro atoms. The van der Waals surface area contributed by atoms with E-state index in [1.165, 1.54) is 30.4 Å². The summed E-state index contributed by atoms with van der Waals surface area (Å²) < 4.78 is 0. The Morgan fingerprint density at radius 1 is 1.26 bits per heavy atom. The molecule has 19 heavy (non-hydrogen) atoms. The average Bonchev–Trinajstić information content (AvgIpc) is 2.43. The first-order valence-electron chi connectivity index (χ1n) is 7.28. The standard InChI is InChI=1S/C16H22N2O/c1-12(19)18-15-6-7-16(8-10-17-11-9-16)14-5-3-2-4-13(14)15/h2-5,15,17H,6-11H2,1H3,(H,18,19). The van der Waals surface area contributed by atoms with Crippen LogP contribution in [-0.2, 0) is 10.2 Å². The van der Waals surface area contributed by atoms with Gasteiger partial charge in [-0.2, -0.15) is 0 Å². The summed E-state index contributed by atoms with van der Waals surface area (Å²) in [5.74, 6) is 0.0704. The van der Waals surface area contributed by atoms with Gasteiger partial charge >= 0.3 is 0 Å². The molecule has 3 nitrogen and oxygen atoms in total. The molecular formula is C16H22N2O. The van der Waals surface area contributed by atoms with E-state index in [1.54, 1.807) is 6.92 Å². The maximum atomic E-state index is 11.4. The maximum Gasteiger partial charge on any atom is 0.217 e. The zero-order valence-electron chi connectivity index (χ0n) is 11.5. The molecule has 3 heteroatoms. The Labute approximate surface area is 114 Å². The molecule has 2 aliphatic rings. The Morgan fingerprint density at radius 3 is 2.74 bits per heavy atom. The molecule has 1 aromatic carbocycles. The van der Waals surface area contributed by atoms with Crippen molar-refractivity contribution >= 4 is 5.91 Å². The molecule has 1 fully saturated rings. The van der Waals surface area contributed by atoms with Gasteiger partial charge in [0.25, 0.3) is 0 Å². The smallest absolute Gasteiger partial charge is 0.217 e. The summed E-state index contributed by atoms with van der Waals surface area (Å²) in [7, 11) is 0. The Morgan fingerprint density at radius 2 is 2.00 bits per heavy atom. The molecule has 0 aromatic heterocycles. The molecule has 0 saturated carbocycles. The van der Waals surface area contributed by atoms with Crippen molar-refractivity contribution < 1.29 is 4.79 Å². The molecule has 102 valence electrons. The summed E-state index contributed by atoms with van der Waals surface area (Å²) in [5, 5.41) is 6.57. The summed E-state index contributed by atoms with van der Waals surface area (Å²) in [4.78, 5) is 11.4. The Kier molecular flexibility index (Phi) is 3.31. The number of fused-ring (bicyclic) bond motifs is 2. The van der Waals surface area contributed by atoms with Gasteiger partial charge in [0.1, 0.15) is 0 Å². The highest BCUT2D eigenvalue weighted by Gasteiger charge is 2.40. The normalized spacial score (nSPS) is 24.8. The van der Waals surface area contributed by atoms with Crippen molar-refractivity contribution in [3.63, 3.8) is 0 Å². The van der Waals surface area contributed by atoms with Crippen LogP contribution in [0.25, 0.3) is 0 Å². The van der Waals surface area contributed by atoms with Crippen LogP contribution >= 0.6 is 0 Å². The van der Waals surface area contributed by atoms with E-state index >= 15 is 0 Å². The molecule has 1 atom stereocenters. The van der Waals surface area contributed by atoms with E-state index in [-0.39, 0.29) is 11.9 Å². The predicted octanol–water partition coefficient (Wildman–Crippen LogP) is 2.28. The summed E-state index contributed by atoms with van der Waals surface area (Å²) in [6.45, 7) is 3.83. The van der Waals surface area contributed by atoms with Crippen LogP contribution in [0.2, 0.25) is 0 Å². The minimum atomic E-state index is 0.0704. The lowest BCUT2D eigenvalue weighted by Crippen LogP contribution is -2.44. The van der Waals surface area contributed by atoms with Gasteiger partial charge in [-0.3, -0.25) is 4.79 Å². The summed E-state index contributed by atoms with van der Waals surface area (Å²) in [6.07, 6.45) is 4.70. The topological polar surface area (TPSA) is 41.1 Å². The number of carbonyl (C=O) groups excluding carboxylic acids is 1. The number of carbonyl (C=O) groups is 1. The highest BCUT2D eigenvalue weighted by Crippen LogP contribution is 2.46. The summed E-state index contributed by atoms with van der Waals surface area (Å²) in [5.41, 5.74) is 3.16. The van der Waals surface area contributed by atoms with Crippen LogP contribution in [0.15, 0.2) is 24.3 Å². The number of benzene rings is 1. The second-order valence-corrected chi connectivity index (χ2v) is 5.91. The SMILES string of the molecule is CC(=O)NC1CCC2(CCNCC2)c2ccccc21. The third-order valence-corrected chi connectivity index (χ3v) is 4.76. The molecular weight excluding hydrogens is 236 g/mol. The Bertz CT molecular complexity index is 477. The van der Waals surface area contributed by atoms with Crippen molar-refractivity contribution in [2.45, 2.75) is 44.1 Å². The fourth-order valence-electron chi connectivity index (χ4n) is 3.81. The molecule has 1 saturated heterocycles. The minimum absolute atomic E-state index is 0.0704. The van der Waals surface area contributed by atoms with Gasteiger partial charge in [-0.15, -0.1) is 0 Å². The van der Waals surface area contributed by atoms with Crippen molar-refractivity contribution in [2.75, 3.05) is 13.1 Å². The fourth-order valence-corrected chi connectivity index (χ4v) is 3.81. The lowest BCUT2D eigenvalue weighted by atomic mass is 9.64. The minimum Gasteiger partial charge on any atom is -0.350 e.